The van der Waals surface area contributed by atoms with E-state index >= 15 is 0 Å². The summed E-state index contributed by atoms with van der Waals surface area (Å²) in [5, 5.41) is 19.1. The van der Waals surface area contributed by atoms with E-state index in [1.807, 2.05) is 30.3 Å². The van der Waals surface area contributed by atoms with Crippen LogP contribution in [0.15, 0.2) is 36.5 Å². The second-order valence-electron chi connectivity index (χ2n) is 5.81. The van der Waals surface area contributed by atoms with E-state index in [4.69, 9.17) is 5.11 Å². The average molecular weight is 314 g/mol. The molecule has 0 radical (unpaired) electrons. The van der Waals surface area contributed by atoms with E-state index in [1.165, 1.54) is 10.9 Å². The summed E-state index contributed by atoms with van der Waals surface area (Å²) in [5.74, 6) is -1.36. The number of carbonyl (C=O) groups is 2. The molecular formula is C16H18N4O3. The standard InChI is InChI=1S/C16H18N4O3/c21-14(11-20-10-13(15(22)23)18-19-20)17-16(8-4-5-9-16)12-6-2-1-3-7-12/h1-3,6-7,10H,4-5,8-9,11H2,(H,17,21)(H,22,23). The summed E-state index contributed by atoms with van der Waals surface area (Å²) < 4.78 is 1.24. The van der Waals surface area contributed by atoms with E-state index < -0.39 is 5.97 Å². The maximum atomic E-state index is 12.4. The minimum Gasteiger partial charge on any atom is -0.476 e. The molecule has 1 aliphatic rings. The molecular weight excluding hydrogens is 296 g/mol. The minimum absolute atomic E-state index is 0.0468. The van der Waals surface area contributed by atoms with Gasteiger partial charge >= 0.3 is 5.97 Å². The van der Waals surface area contributed by atoms with E-state index in [9.17, 15) is 9.59 Å². The molecule has 23 heavy (non-hydrogen) atoms. The number of amides is 1. The van der Waals surface area contributed by atoms with E-state index in [2.05, 4.69) is 15.6 Å². The van der Waals surface area contributed by atoms with Gasteiger partial charge in [-0.3, -0.25) is 4.79 Å². The number of rotatable bonds is 5. The third-order valence-corrected chi connectivity index (χ3v) is 4.23. The van der Waals surface area contributed by atoms with Crippen LogP contribution < -0.4 is 5.32 Å². The van der Waals surface area contributed by atoms with Crippen molar-refractivity contribution in [3.8, 4) is 0 Å². The molecule has 0 spiro atoms. The zero-order chi connectivity index (χ0) is 16.3. The first-order chi connectivity index (χ1) is 11.1. The fraction of sp³-hybridized carbons (Fsp3) is 0.375. The van der Waals surface area contributed by atoms with Gasteiger partial charge in [-0.2, -0.15) is 0 Å². The lowest BCUT2D eigenvalue weighted by Gasteiger charge is -2.31. The first-order valence-corrected chi connectivity index (χ1v) is 7.59. The summed E-state index contributed by atoms with van der Waals surface area (Å²) >= 11 is 0. The fourth-order valence-electron chi connectivity index (χ4n) is 3.15. The molecule has 7 nitrogen and oxygen atoms in total. The third kappa shape index (κ3) is 3.23. The lowest BCUT2D eigenvalue weighted by Crippen LogP contribution is -2.45. The van der Waals surface area contributed by atoms with Gasteiger partial charge in [-0.25, -0.2) is 9.48 Å². The van der Waals surface area contributed by atoms with Crippen LogP contribution in [0.3, 0.4) is 0 Å². The van der Waals surface area contributed by atoms with Crippen LogP contribution in [0.5, 0.6) is 0 Å². The van der Waals surface area contributed by atoms with Gasteiger partial charge in [0.1, 0.15) is 6.54 Å². The van der Waals surface area contributed by atoms with Crippen molar-refractivity contribution in [2.24, 2.45) is 0 Å². The Balaban J connectivity index is 1.73. The summed E-state index contributed by atoms with van der Waals surface area (Å²) in [5.41, 5.74) is 0.598. The molecule has 0 saturated heterocycles. The molecule has 3 rings (SSSR count). The first kappa shape index (κ1) is 15.2. The Morgan fingerprint density at radius 3 is 2.52 bits per heavy atom. The summed E-state index contributed by atoms with van der Waals surface area (Å²) in [4.78, 5) is 23.2. The number of hydrogen-bond donors (Lipinski definition) is 2. The molecule has 0 aliphatic heterocycles. The van der Waals surface area contributed by atoms with Crippen LogP contribution in [0.4, 0.5) is 0 Å². The summed E-state index contributed by atoms with van der Waals surface area (Å²) in [6.07, 6.45) is 5.20. The molecule has 1 aliphatic carbocycles. The third-order valence-electron chi connectivity index (χ3n) is 4.23. The van der Waals surface area contributed by atoms with E-state index in [-0.39, 0.29) is 23.7 Å². The minimum atomic E-state index is -1.16. The molecule has 0 bridgehead atoms. The second-order valence-corrected chi connectivity index (χ2v) is 5.81. The number of carboxylic acids is 1. The van der Waals surface area contributed by atoms with Crippen LogP contribution in [0.1, 0.15) is 41.7 Å². The Morgan fingerprint density at radius 2 is 1.91 bits per heavy atom. The zero-order valence-corrected chi connectivity index (χ0v) is 12.6. The van der Waals surface area contributed by atoms with Crippen molar-refractivity contribution in [2.45, 2.75) is 37.8 Å². The number of hydrogen-bond acceptors (Lipinski definition) is 4. The Morgan fingerprint density at radius 1 is 1.22 bits per heavy atom. The Bertz CT molecular complexity index is 705. The van der Waals surface area contributed by atoms with Crippen molar-refractivity contribution >= 4 is 11.9 Å². The van der Waals surface area contributed by atoms with Crippen LogP contribution in [-0.2, 0) is 16.9 Å². The van der Waals surface area contributed by atoms with Gasteiger partial charge < -0.3 is 10.4 Å². The molecule has 2 aromatic rings. The van der Waals surface area contributed by atoms with Gasteiger partial charge in [-0.1, -0.05) is 48.4 Å². The largest absolute Gasteiger partial charge is 0.476 e. The van der Waals surface area contributed by atoms with Crippen molar-refractivity contribution in [3.63, 3.8) is 0 Å². The number of carboxylic acid groups (broad SMARTS) is 1. The normalized spacial score (nSPS) is 16.2. The van der Waals surface area contributed by atoms with Gasteiger partial charge in [0.15, 0.2) is 5.69 Å². The second kappa shape index (κ2) is 6.20. The average Bonchev–Trinajstić information content (AvgIpc) is 3.18. The molecule has 1 aromatic carbocycles. The highest BCUT2D eigenvalue weighted by Gasteiger charge is 2.36. The molecule has 0 unspecified atom stereocenters. The number of benzene rings is 1. The molecule has 1 saturated carbocycles. The van der Waals surface area contributed by atoms with Crippen LogP contribution >= 0.6 is 0 Å². The molecule has 120 valence electrons. The maximum Gasteiger partial charge on any atom is 0.358 e. The molecule has 1 amide bonds. The summed E-state index contributed by atoms with van der Waals surface area (Å²) in [6, 6.07) is 9.96. The van der Waals surface area contributed by atoms with Crippen LogP contribution in [0.2, 0.25) is 0 Å². The number of nitrogens with one attached hydrogen (secondary N) is 1. The molecule has 1 fully saturated rings. The quantitative estimate of drug-likeness (QED) is 0.873. The number of carbonyl (C=O) groups excluding carboxylic acids is 1. The highest BCUT2D eigenvalue weighted by molar-refractivity contribution is 5.84. The van der Waals surface area contributed by atoms with Crippen molar-refractivity contribution in [1.82, 2.24) is 20.3 Å². The number of aromatic nitrogens is 3. The van der Waals surface area contributed by atoms with Crippen LogP contribution in [0, 0.1) is 0 Å². The fourth-order valence-corrected chi connectivity index (χ4v) is 3.15. The predicted octanol–water partition coefficient (Wildman–Crippen LogP) is 1.56. The van der Waals surface area contributed by atoms with Crippen molar-refractivity contribution in [1.29, 1.82) is 0 Å². The smallest absolute Gasteiger partial charge is 0.358 e. The maximum absolute atomic E-state index is 12.4. The van der Waals surface area contributed by atoms with Crippen molar-refractivity contribution in [2.75, 3.05) is 0 Å². The monoisotopic (exact) mass is 314 g/mol. The highest BCUT2D eigenvalue weighted by Crippen LogP contribution is 2.38. The predicted molar refractivity (Wildman–Crippen MR) is 81.7 cm³/mol. The van der Waals surface area contributed by atoms with Gasteiger partial charge in [0.05, 0.1) is 11.7 Å². The van der Waals surface area contributed by atoms with Gasteiger partial charge in [0.2, 0.25) is 5.91 Å². The SMILES string of the molecule is O=C(Cn1cc(C(=O)O)nn1)NC1(c2ccccc2)CCCC1. The Kier molecular flexibility index (Phi) is 4.10. The van der Waals surface area contributed by atoms with Crippen molar-refractivity contribution in [3.05, 3.63) is 47.8 Å². The van der Waals surface area contributed by atoms with Gasteiger partial charge in [0, 0.05) is 0 Å². The molecule has 1 heterocycles. The van der Waals surface area contributed by atoms with E-state index in [0.29, 0.717) is 0 Å². The number of aromatic carboxylic acids is 1. The Labute approximate surface area is 133 Å². The van der Waals surface area contributed by atoms with Crippen LogP contribution in [-0.4, -0.2) is 32.0 Å². The zero-order valence-electron chi connectivity index (χ0n) is 12.6. The lowest BCUT2D eigenvalue weighted by molar-refractivity contribution is -0.124. The lowest BCUT2D eigenvalue weighted by atomic mass is 9.88. The van der Waals surface area contributed by atoms with Crippen molar-refractivity contribution < 1.29 is 14.7 Å². The van der Waals surface area contributed by atoms with Gasteiger partial charge in [-0.05, 0) is 18.4 Å². The molecule has 0 atom stereocenters. The van der Waals surface area contributed by atoms with Crippen LogP contribution in [0.25, 0.3) is 0 Å². The molecule has 1 aromatic heterocycles. The number of nitrogens with zero attached hydrogens (tertiary/aromatic N) is 3. The van der Waals surface area contributed by atoms with E-state index in [1.54, 1.807) is 0 Å². The summed E-state index contributed by atoms with van der Waals surface area (Å²) in [7, 11) is 0. The molecule has 7 heteroatoms. The van der Waals surface area contributed by atoms with E-state index in [0.717, 1.165) is 31.2 Å². The topological polar surface area (TPSA) is 97.1 Å². The Hall–Kier alpha value is -2.70. The van der Waals surface area contributed by atoms with Gasteiger partial charge in [0.25, 0.3) is 0 Å². The first-order valence-electron chi connectivity index (χ1n) is 7.59. The highest BCUT2D eigenvalue weighted by atomic mass is 16.4. The molecule has 2 N–H and O–H groups in total. The summed E-state index contributed by atoms with van der Waals surface area (Å²) in [6.45, 7) is -0.0468. The van der Waals surface area contributed by atoms with Gasteiger partial charge in [-0.15, -0.1) is 5.10 Å².